The van der Waals surface area contributed by atoms with Crippen molar-refractivity contribution in [3.63, 3.8) is 0 Å². The first-order valence-electron chi connectivity index (χ1n) is 10.6. The lowest BCUT2D eigenvalue weighted by atomic mass is 10.1. The van der Waals surface area contributed by atoms with Crippen LogP contribution in [0.5, 0.6) is 0 Å². The van der Waals surface area contributed by atoms with Crippen LogP contribution < -0.4 is 10.6 Å². The standard InChI is InChI=1S/C23H36N6O2/c1-18-14-27-29(16-18)13-7-12-25-21(24-5)26-15-19-8-10-20(11-9-19)17-28(6)22(30)31-23(2,3)4/h8-11,14,16H,7,12-13,15,17H2,1-6H3,(H2,24,25,26). The van der Waals surface area contributed by atoms with Gasteiger partial charge in [0, 0.05) is 46.5 Å². The normalized spacial score (nSPS) is 11.9. The number of aryl methyl sites for hydroxylation is 2. The van der Waals surface area contributed by atoms with Gasteiger partial charge in [0.15, 0.2) is 5.96 Å². The number of ether oxygens (including phenoxy) is 1. The molecule has 31 heavy (non-hydrogen) atoms. The van der Waals surface area contributed by atoms with Gasteiger partial charge in [0.2, 0.25) is 0 Å². The van der Waals surface area contributed by atoms with Crippen LogP contribution in [0.4, 0.5) is 4.79 Å². The highest BCUT2D eigenvalue weighted by Crippen LogP contribution is 2.12. The van der Waals surface area contributed by atoms with Crippen molar-refractivity contribution < 1.29 is 9.53 Å². The second-order valence-electron chi connectivity index (χ2n) is 8.64. The molecular formula is C23H36N6O2. The molecule has 0 saturated carbocycles. The molecule has 8 nitrogen and oxygen atoms in total. The van der Waals surface area contributed by atoms with Crippen LogP contribution in [0.3, 0.4) is 0 Å². The van der Waals surface area contributed by atoms with E-state index in [1.807, 2.05) is 56.9 Å². The monoisotopic (exact) mass is 428 g/mol. The molecule has 0 atom stereocenters. The fourth-order valence-corrected chi connectivity index (χ4v) is 2.88. The van der Waals surface area contributed by atoms with Crippen LogP contribution in [-0.2, 0) is 24.4 Å². The van der Waals surface area contributed by atoms with E-state index in [0.717, 1.165) is 36.6 Å². The van der Waals surface area contributed by atoms with E-state index in [2.05, 4.69) is 32.9 Å². The molecule has 0 aliphatic heterocycles. The van der Waals surface area contributed by atoms with E-state index in [-0.39, 0.29) is 6.09 Å². The molecule has 0 radical (unpaired) electrons. The summed E-state index contributed by atoms with van der Waals surface area (Å²) in [7, 11) is 3.51. The zero-order valence-corrected chi connectivity index (χ0v) is 19.6. The number of guanidine groups is 1. The second kappa shape index (κ2) is 11.4. The quantitative estimate of drug-likeness (QED) is 0.383. The van der Waals surface area contributed by atoms with Crippen LogP contribution in [-0.4, -0.2) is 53.0 Å². The lowest BCUT2D eigenvalue weighted by Crippen LogP contribution is -2.37. The Bertz CT molecular complexity index is 852. The summed E-state index contributed by atoms with van der Waals surface area (Å²) in [6, 6.07) is 8.16. The van der Waals surface area contributed by atoms with Crippen LogP contribution in [0.25, 0.3) is 0 Å². The lowest BCUT2D eigenvalue weighted by molar-refractivity contribution is 0.0285. The maximum atomic E-state index is 12.1. The maximum absolute atomic E-state index is 12.1. The number of benzene rings is 1. The van der Waals surface area contributed by atoms with Gasteiger partial charge in [-0.2, -0.15) is 5.10 Å². The zero-order valence-electron chi connectivity index (χ0n) is 19.6. The van der Waals surface area contributed by atoms with Crippen molar-refractivity contribution in [3.05, 3.63) is 53.3 Å². The van der Waals surface area contributed by atoms with Crippen molar-refractivity contribution in [3.8, 4) is 0 Å². The van der Waals surface area contributed by atoms with Crippen molar-refractivity contribution in [2.24, 2.45) is 4.99 Å². The van der Waals surface area contributed by atoms with Gasteiger partial charge in [0.05, 0.1) is 6.20 Å². The van der Waals surface area contributed by atoms with Crippen LogP contribution in [0, 0.1) is 6.92 Å². The molecule has 1 heterocycles. The Morgan fingerprint density at radius 1 is 1.19 bits per heavy atom. The number of carbonyl (C=O) groups is 1. The number of hydrogen-bond donors (Lipinski definition) is 2. The van der Waals surface area contributed by atoms with Crippen molar-refractivity contribution in [2.75, 3.05) is 20.6 Å². The first-order chi connectivity index (χ1) is 14.7. The number of nitrogens with one attached hydrogen (secondary N) is 2. The average Bonchev–Trinajstić information content (AvgIpc) is 3.12. The molecule has 0 aliphatic carbocycles. The number of amides is 1. The van der Waals surface area contributed by atoms with Crippen molar-refractivity contribution >= 4 is 12.1 Å². The molecule has 0 saturated heterocycles. The second-order valence-corrected chi connectivity index (χ2v) is 8.64. The fraction of sp³-hybridized carbons (Fsp3) is 0.522. The highest BCUT2D eigenvalue weighted by Gasteiger charge is 2.19. The van der Waals surface area contributed by atoms with Crippen molar-refractivity contribution in [1.82, 2.24) is 25.3 Å². The summed E-state index contributed by atoms with van der Waals surface area (Å²) in [5.74, 6) is 0.769. The lowest BCUT2D eigenvalue weighted by Gasteiger charge is -2.24. The largest absolute Gasteiger partial charge is 0.444 e. The number of hydrogen-bond acceptors (Lipinski definition) is 4. The Morgan fingerprint density at radius 2 is 1.87 bits per heavy atom. The molecule has 0 fully saturated rings. The van der Waals surface area contributed by atoms with Gasteiger partial charge in [-0.25, -0.2) is 4.79 Å². The number of rotatable bonds is 8. The SMILES string of the molecule is CN=C(NCCCn1cc(C)cn1)NCc1ccc(CN(C)C(=O)OC(C)(C)C)cc1. The van der Waals surface area contributed by atoms with Gasteiger partial charge >= 0.3 is 6.09 Å². The Kier molecular flexibility index (Phi) is 8.90. The Hall–Kier alpha value is -3.03. The van der Waals surface area contributed by atoms with E-state index in [9.17, 15) is 4.79 Å². The van der Waals surface area contributed by atoms with E-state index >= 15 is 0 Å². The van der Waals surface area contributed by atoms with Gasteiger partial charge < -0.3 is 20.3 Å². The van der Waals surface area contributed by atoms with E-state index < -0.39 is 5.60 Å². The Morgan fingerprint density at radius 3 is 2.45 bits per heavy atom. The first-order valence-corrected chi connectivity index (χ1v) is 10.6. The summed E-state index contributed by atoms with van der Waals surface area (Å²) in [6.45, 7) is 10.5. The summed E-state index contributed by atoms with van der Waals surface area (Å²) in [5, 5.41) is 10.9. The van der Waals surface area contributed by atoms with E-state index in [1.54, 1.807) is 19.0 Å². The average molecular weight is 429 g/mol. The fourth-order valence-electron chi connectivity index (χ4n) is 2.88. The summed E-state index contributed by atoms with van der Waals surface area (Å²) < 4.78 is 7.34. The molecule has 2 rings (SSSR count). The van der Waals surface area contributed by atoms with Crippen molar-refractivity contribution in [1.29, 1.82) is 0 Å². The molecule has 2 N–H and O–H groups in total. The number of nitrogens with zero attached hydrogens (tertiary/aromatic N) is 4. The van der Waals surface area contributed by atoms with Crippen LogP contribution in [0.15, 0.2) is 41.7 Å². The Balaban J connectivity index is 1.72. The summed E-state index contributed by atoms with van der Waals surface area (Å²) in [5.41, 5.74) is 2.87. The predicted molar refractivity (Wildman–Crippen MR) is 124 cm³/mol. The topological polar surface area (TPSA) is 83.8 Å². The maximum Gasteiger partial charge on any atom is 0.410 e. The van der Waals surface area contributed by atoms with Gasteiger partial charge in [-0.05, 0) is 50.8 Å². The number of aromatic nitrogens is 2. The molecule has 8 heteroatoms. The highest BCUT2D eigenvalue weighted by atomic mass is 16.6. The van der Waals surface area contributed by atoms with E-state index in [0.29, 0.717) is 13.1 Å². The molecular weight excluding hydrogens is 392 g/mol. The smallest absolute Gasteiger partial charge is 0.410 e. The summed E-state index contributed by atoms with van der Waals surface area (Å²) in [4.78, 5) is 17.9. The van der Waals surface area contributed by atoms with Gasteiger partial charge in [-0.1, -0.05) is 24.3 Å². The molecule has 0 bridgehead atoms. The van der Waals surface area contributed by atoms with Gasteiger partial charge in [-0.3, -0.25) is 9.67 Å². The van der Waals surface area contributed by atoms with E-state index in [1.165, 1.54) is 5.56 Å². The minimum atomic E-state index is -0.494. The minimum absolute atomic E-state index is 0.323. The highest BCUT2D eigenvalue weighted by molar-refractivity contribution is 5.79. The third-order valence-electron chi connectivity index (χ3n) is 4.45. The molecule has 2 aromatic rings. The summed E-state index contributed by atoms with van der Waals surface area (Å²) in [6.07, 6.45) is 4.55. The molecule has 170 valence electrons. The molecule has 1 aromatic heterocycles. The third-order valence-corrected chi connectivity index (χ3v) is 4.45. The van der Waals surface area contributed by atoms with Crippen LogP contribution >= 0.6 is 0 Å². The van der Waals surface area contributed by atoms with Crippen molar-refractivity contribution in [2.45, 2.75) is 59.4 Å². The predicted octanol–water partition coefficient (Wildman–Crippen LogP) is 3.31. The van der Waals surface area contributed by atoms with E-state index in [4.69, 9.17) is 4.74 Å². The minimum Gasteiger partial charge on any atom is -0.444 e. The van der Waals surface area contributed by atoms with Gasteiger partial charge in [0.1, 0.15) is 5.60 Å². The molecule has 0 unspecified atom stereocenters. The molecule has 1 amide bonds. The van der Waals surface area contributed by atoms with Gasteiger partial charge in [0.25, 0.3) is 0 Å². The molecule has 1 aromatic carbocycles. The molecule has 0 aliphatic rings. The third kappa shape index (κ3) is 9.11. The Labute approximate surface area is 185 Å². The zero-order chi connectivity index (χ0) is 22.9. The number of aliphatic imine (C=N–C) groups is 1. The van der Waals surface area contributed by atoms with Gasteiger partial charge in [-0.15, -0.1) is 0 Å². The summed E-state index contributed by atoms with van der Waals surface area (Å²) >= 11 is 0. The van der Waals surface area contributed by atoms with Crippen LogP contribution in [0.2, 0.25) is 0 Å². The number of carbonyl (C=O) groups excluding carboxylic acids is 1. The van der Waals surface area contributed by atoms with Crippen LogP contribution in [0.1, 0.15) is 43.9 Å². The molecule has 0 spiro atoms. The first kappa shape index (κ1) is 24.2.